The van der Waals surface area contributed by atoms with Gasteiger partial charge in [0.25, 0.3) is 0 Å². The van der Waals surface area contributed by atoms with Crippen LogP contribution in [0.15, 0.2) is 30.3 Å². The molecule has 6 heteroatoms. The first-order valence-corrected chi connectivity index (χ1v) is 8.23. The van der Waals surface area contributed by atoms with E-state index in [2.05, 4.69) is 10.6 Å². The number of carbonyl (C=O) groups excluding carboxylic acids is 1. The van der Waals surface area contributed by atoms with E-state index in [1.165, 1.54) is 0 Å². The lowest BCUT2D eigenvalue weighted by molar-refractivity contribution is -0.137. The quantitative estimate of drug-likeness (QED) is 0.555. The van der Waals surface area contributed by atoms with Gasteiger partial charge in [-0.2, -0.15) is 0 Å². The Bertz CT molecular complexity index is 529. The van der Waals surface area contributed by atoms with Crippen LogP contribution in [0.25, 0.3) is 0 Å². The van der Waals surface area contributed by atoms with Crippen LogP contribution in [-0.4, -0.2) is 40.4 Å². The van der Waals surface area contributed by atoms with Crippen molar-refractivity contribution in [1.82, 2.24) is 10.6 Å². The van der Waals surface area contributed by atoms with Gasteiger partial charge in [0.1, 0.15) is 0 Å². The highest BCUT2D eigenvalue weighted by atomic mass is 16.4. The van der Waals surface area contributed by atoms with Gasteiger partial charge in [0, 0.05) is 19.0 Å². The van der Waals surface area contributed by atoms with Crippen LogP contribution in [0.5, 0.6) is 0 Å². The summed E-state index contributed by atoms with van der Waals surface area (Å²) in [6.45, 7) is 5.56. The molecule has 4 N–H and O–H groups in total. The van der Waals surface area contributed by atoms with Crippen LogP contribution in [-0.2, 0) is 11.2 Å². The number of carbonyl (C=O) groups is 2. The maximum atomic E-state index is 12.1. The average Bonchev–Trinajstić information content (AvgIpc) is 2.51. The molecule has 2 unspecified atom stereocenters. The van der Waals surface area contributed by atoms with E-state index in [-0.39, 0.29) is 24.9 Å². The Morgan fingerprint density at radius 3 is 2.38 bits per heavy atom. The average molecular weight is 336 g/mol. The van der Waals surface area contributed by atoms with Gasteiger partial charge in [0.05, 0.1) is 5.60 Å². The lowest BCUT2D eigenvalue weighted by atomic mass is 9.93. The SMILES string of the molecule is CC(C)C(C)(O)CNC(=O)NC(CCC(=O)O)Cc1ccccc1. The third-order valence-electron chi connectivity index (χ3n) is 4.22. The first-order valence-electron chi connectivity index (χ1n) is 8.23. The molecule has 1 aromatic carbocycles. The van der Waals surface area contributed by atoms with Crippen LogP contribution in [0.4, 0.5) is 4.79 Å². The molecule has 0 aliphatic carbocycles. The van der Waals surface area contributed by atoms with Gasteiger partial charge in [-0.15, -0.1) is 0 Å². The number of aliphatic carboxylic acids is 1. The number of hydrogen-bond donors (Lipinski definition) is 4. The van der Waals surface area contributed by atoms with Crippen molar-refractivity contribution in [2.24, 2.45) is 5.92 Å². The number of benzene rings is 1. The van der Waals surface area contributed by atoms with Gasteiger partial charge in [-0.05, 0) is 31.2 Å². The normalized spacial score (nSPS) is 14.7. The van der Waals surface area contributed by atoms with Gasteiger partial charge in [-0.3, -0.25) is 4.79 Å². The summed E-state index contributed by atoms with van der Waals surface area (Å²) >= 11 is 0. The summed E-state index contributed by atoms with van der Waals surface area (Å²) in [5.74, 6) is -0.886. The summed E-state index contributed by atoms with van der Waals surface area (Å²) in [4.78, 5) is 22.9. The molecule has 134 valence electrons. The molecule has 0 radical (unpaired) electrons. The molecule has 0 saturated carbocycles. The Morgan fingerprint density at radius 1 is 1.21 bits per heavy atom. The fourth-order valence-corrected chi connectivity index (χ4v) is 2.12. The smallest absolute Gasteiger partial charge is 0.315 e. The number of nitrogens with one attached hydrogen (secondary N) is 2. The van der Waals surface area contributed by atoms with Crippen LogP contribution >= 0.6 is 0 Å². The van der Waals surface area contributed by atoms with Crippen LogP contribution in [0.1, 0.15) is 39.2 Å². The van der Waals surface area contributed by atoms with Crippen molar-refractivity contribution in [3.05, 3.63) is 35.9 Å². The van der Waals surface area contributed by atoms with Crippen LogP contribution in [0.2, 0.25) is 0 Å². The lowest BCUT2D eigenvalue weighted by Gasteiger charge is -2.28. The number of hydrogen-bond acceptors (Lipinski definition) is 3. The first kappa shape index (κ1) is 20.0. The number of urea groups is 1. The van der Waals surface area contributed by atoms with Gasteiger partial charge in [0.2, 0.25) is 0 Å². The van der Waals surface area contributed by atoms with Crippen LogP contribution < -0.4 is 10.6 Å². The van der Waals surface area contributed by atoms with E-state index in [0.29, 0.717) is 12.8 Å². The second kappa shape index (κ2) is 9.27. The monoisotopic (exact) mass is 336 g/mol. The molecule has 1 rings (SSSR count). The molecule has 0 fully saturated rings. The second-order valence-electron chi connectivity index (χ2n) is 6.66. The van der Waals surface area contributed by atoms with Crippen LogP contribution in [0.3, 0.4) is 0 Å². The standard InChI is InChI=1S/C18H28N2O4/c1-13(2)18(3,24)12-19-17(23)20-15(9-10-16(21)22)11-14-7-5-4-6-8-14/h4-8,13,15,24H,9-12H2,1-3H3,(H,21,22)(H2,19,20,23). The number of amides is 2. The maximum absolute atomic E-state index is 12.1. The minimum Gasteiger partial charge on any atom is -0.481 e. The van der Waals surface area contributed by atoms with Gasteiger partial charge in [-0.1, -0.05) is 44.2 Å². The third kappa shape index (κ3) is 7.46. The number of aliphatic hydroxyl groups is 1. The number of rotatable bonds is 9. The van der Waals surface area contributed by atoms with E-state index in [4.69, 9.17) is 5.11 Å². The Morgan fingerprint density at radius 2 is 1.83 bits per heavy atom. The maximum Gasteiger partial charge on any atom is 0.315 e. The molecule has 2 amide bonds. The topological polar surface area (TPSA) is 98.7 Å². The Balaban J connectivity index is 2.59. The zero-order valence-corrected chi connectivity index (χ0v) is 14.6. The predicted octanol–water partition coefficient (Wildman–Crippen LogP) is 2.17. The van der Waals surface area contributed by atoms with Crippen molar-refractivity contribution in [2.45, 2.75) is 51.7 Å². The molecule has 0 aliphatic heterocycles. The highest BCUT2D eigenvalue weighted by Gasteiger charge is 2.25. The largest absolute Gasteiger partial charge is 0.481 e. The second-order valence-corrected chi connectivity index (χ2v) is 6.66. The molecule has 0 spiro atoms. The van der Waals surface area contributed by atoms with E-state index in [9.17, 15) is 14.7 Å². The molecule has 2 atom stereocenters. The fraction of sp³-hybridized carbons (Fsp3) is 0.556. The highest BCUT2D eigenvalue weighted by molar-refractivity contribution is 5.74. The molecule has 0 bridgehead atoms. The van der Waals surface area contributed by atoms with Crippen LogP contribution in [0, 0.1) is 5.92 Å². The lowest BCUT2D eigenvalue weighted by Crippen LogP contribution is -2.50. The van der Waals surface area contributed by atoms with E-state index in [1.807, 2.05) is 44.2 Å². The molecule has 0 aliphatic rings. The van der Waals surface area contributed by atoms with Gasteiger partial charge in [0.15, 0.2) is 0 Å². The zero-order chi connectivity index (χ0) is 18.2. The first-order chi connectivity index (χ1) is 11.2. The molecule has 0 saturated heterocycles. The van der Waals surface area contributed by atoms with Crippen molar-refractivity contribution in [2.75, 3.05) is 6.54 Å². The van der Waals surface area contributed by atoms with Crippen molar-refractivity contribution in [3.63, 3.8) is 0 Å². The van der Waals surface area contributed by atoms with E-state index in [1.54, 1.807) is 6.92 Å². The molecular weight excluding hydrogens is 308 g/mol. The molecule has 24 heavy (non-hydrogen) atoms. The molecule has 6 nitrogen and oxygen atoms in total. The Hall–Kier alpha value is -2.08. The van der Waals surface area contributed by atoms with E-state index < -0.39 is 17.6 Å². The van der Waals surface area contributed by atoms with Crippen molar-refractivity contribution in [3.8, 4) is 0 Å². The van der Waals surface area contributed by atoms with E-state index in [0.717, 1.165) is 5.56 Å². The fourth-order valence-electron chi connectivity index (χ4n) is 2.12. The molecule has 0 heterocycles. The Labute approximate surface area is 143 Å². The van der Waals surface area contributed by atoms with Crippen molar-refractivity contribution >= 4 is 12.0 Å². The summed E-state index contributed by atoms with van der Waals surface area (Å²) in [6.07, 6.45) is 0.891. The van der Waals surface area contributed by atoms with Gasteiger partial charge in [-0.25, -0.2) is 4.79 Å². The van der Waals surface area contributed by atoms with Crippen molar-refractivity contribution < 1.29 is 19.8 Å². The summed E-state index contributed by atoms with van der Waals surface area (Å²) < 4.78 is 0. The van der Waals surface area contributed by atoms with Gasteiger partial charge >= 0.3 is 12.0 Å². The molecule has 0 aromatic heterocycles. The third-order valence-corrected chi connectivity index (χ3v) is 4.22. The highest BCUT2D eigenvalue weighted by Crippen LogP contribution is 2.14. The summed E-state index contributed by atoms with van der Waals surface area (Å²) in [5.41, 5.74) is 0.0372. The predicted molar refractivity (Wildman–Crippen MR) is 92.8 cm³/mol. The van der Waals surface area contributed by atoms with E-state index >= 15 is 0 Å². The summed E-state index contributed by atoms with van der Waals surface area (Å²) in [7, 11) is 0. The molecular formula is C18H28N2O4. The van der Waals surface area contributed by atoms with Gasteiger partial charge < -0.3 is 20.8 Å². The summed E-state index contributed by atoms with van der Waals surface area (Å²) in [6, 6.07) is 8.92. The minimum atomic E-state index is -0.993. The summed E-state index contributed by atoms with van der Waals surface area (Å²) in [5, 5.41) is 24.5. The molecule has 1 aromatic rings. The number of carboxylic acids is 1. The van der Waals surface area contributed by atoms with Crippen molar-refractivity contribution in [1.29, 1.82) is 0 Å². The number of carboxylic acid groups (broad SMARTS) is 1. The minimum absolute atomic E-state index is 0.00456. The Kier molecular flexibility index (Phi) is 7.71. The zero-order valence-electron chi connectivity index (χ0n) is 14.6.